The van der Waals surface area contributed by atoms with E-state index in [0.717, 1.165) is 0 Å². The normalized spacial score (nSPS) is 10.1. The fourth-order valence-corrected chi connectivity index (χ4v) is 1.01. The molecule has 0 bridgehead atoms. The van der Waals surface area contributed by atoms with Gasteiger partial charge in [-0.15, -0.1) is 0 Å². The molecule has 0 spiro atoms. The van der Waals surface area contributed by atoms with E-state index in [1.807, 2.05) is 0 Å². The summed E-state index contributed by atoms with van der Waals surface area (Å²) in [5.41, 5.74) is 0.342. The van der Waals surface area contributed by atoms with Crippen LogP contribution in [0, 0.1) is 0 Å². The van der Waals surface area contributed by atoms with Gasteiger partial charge in [0, 0.05) is 11.7 Å². The zero-order valence-electron chi connectivity index (χ0n) is 7.15. The zero-order chi connectivity index (χ0) is 9.97. The third kappa shape index (κ3) is 1.63. The van der Waals surface area contributed by atoms with Crippen molar-refractivity contribution < 1.29 is 10.0 Å². The van der Waals surface area contributed by atoms with Crippen molar-refractivity contribution in [2.24, 2.45) is 0 Å². The van der Waals surface area contributed by atoms with E-state index >= 15 is 0 Å². The molecule has 70 valence electrons. The van der Waals surface area contributed by atoms with Crippen LogP contribution in [0.3, 0.4) is 0 Å². The molecule has 2 rings (SSSR count). The first-order chi connectivity index (χ1) is 6.77. The second-order valence-corrected chi connectivity index (χ2v) is 2.66. The van der Waals surface area contributed by atoms with E-state index in [-0.39, 0.29) is 0 Å². The summed E-state index contributed by atoms with van der Waals surface area (Å²) in [5, 5.41) is 21.5. The third-order valence-corrected chi connectivity index (χ3v) is 1.72. The van der Waals surface area contributed by atoms with Crippen LogP contribution in [0.15, 0.2) is 31.0 Å². The van der Waals surface area contributed by atoms with Crippen molar-refractivity contribution in [3.05, 3.63) is 31.0 Å². The lowest BCUT2D eigenvalue weighted by Crippen LogP contribution is -2.30. The minimum absolute atomic E-state index is 0.342. The summed E-state index contributed by atoms with van der Waals surface area (Å²) >= 11 is 0. The standard InChI is InChI=1S/C7H7BN4O2/c13-8(14)6-1-2-7(10-3-6)12-5-9-4-11-12/h1-5,13-14H. The fourth-order valence-electron chi connectivity index (χ4n) is 1.01. The van der Waals surface area contributed by atoms with Gasteiger partial charge in [0.1, 0.15) is 12.7 Å². The summed E-state index contributed by atoms with van der Waals surface area (Å²) in [7, 11) is -1.49. The van der Waals surface area contributed by atoms with Crippen molar-refractivity contribution in [1.29, 1.82) is 0 Å². The lowest BCUT2D eigenvalue weighted by molar-refractivity contribution is 0.425. The topological polar surface area (TPSA) is 84.1 Å². The van der Waals surface area contributed by atoms with E-state index < -0.39 is 7.12 Å². The van der Waals surface area contributed by atoms with Gasteiger partial charge in [0.05, 0.1) is 0 Å². The first-order valence-electron chi connectivity index (χ1n) is 3.94. The van der Waals surface area contributed by atoms with E-state index in [2.05, 4.69) is 15.1 Å². The monoisotopic (exact) mass is 190 g/mol. The molecule has 0 aromatic carbocycles. The van der Waals surface area contributed by atoms with Crippen LogP contribution in [-0.4, -0.2) is 36.9 Å². The Bertz CT molecular complexity index is 400. The molecule has 0 radical (unpaired) electrons. The van der Waals surface area contributed by atoms with Crippen LogP contribution >= 0.6 is 0 Å². The Kier molecular flexibility index (Phi) is 2.25. The molecule has 0 saturated heterocycles. The van der Waals surface area contributed by atoms with Crippen molar-refractivity contribution >= 4 is 12.6 Å². The number of nitrogens with zero attached hydrogens (tertiary/aromatic N) is 4. The number of aromatic nitrogens is 4. The van der Waals surface area contributed by atoms with Crippen LogP contribution in [0.25, 0.3) is 5.82 Å². The van der Waals surface area contributed by atoms with E-state index in [1.165, 1.54) is 23.5 Å². The Morgan fingerprint density at radius 3 is 2.64 bits per heavy atom. The fraction of sp³-hybridized carbons (Fsp3) is 0. The highest BCUT2D eigenvalue weighted by Gasteiger charge is 2.10. The lowest BCUT2D eigenvalue weighted by Gasteiger charge is -2.01. The van der Waals surface area contributed by atoms with Gasteiger partial charge >= 0.3 is 7.12 Å². The predicted molar refractivity (Wildman–Crippen MR) is 49.0 cm³/mol. The van der Waals surface area contributed by atoms with Crippen molar-refractivity contribution in [2.75, 3.05) is 0 Å². The van der Waals surface area contributed by atoms with Crippen LogP contribution in [0.5, 0.6) is 0 Å². The summed E-state index contributed by atoms with van der Waals surface area (Å²) < 4.78 is 1.48. The Balaban J connectivity index is 2.31. The molecule has 7 heteroatoms. The minimum atomic E-state index is -1.49. The van der Waals surface area contributed by atoms with Crippen molar-refractivity contribution in [1.82, 2.24) is 19.7 Å². The van der Waals surface area contributed by atoms with Crippen LogP contribution in [0.1, 0.15) is 0 Å². The van der Waals surface area contributed by atoms with Crippen LogP contribution in [-0.2, 0) is 0 Å². The highest BCUT2D eigenvalue weighted by molar-refractivity contribution is 6.58. The van der Waals surface area contributed by atoms with Gasteiger partial charge in [0.25, 0.3) is 0 Å². The van der Waals surface area contributed by atoms with Crippen molar-refractivity contribution in [3.8, 4) is 5.82 Å². The van der Waals surface area contributed by atoms with E-state index in [9.17, 15) is 0 Å². The lowest BCUT2D eigenvalue weighted by atomic mass is 9.82. The average Bonchev–Trinajstić information content (AvgIpc) is 2.71. The van der Waals surface area contributed by atoms with Gasteiger partial charge in [-0.2, -0.15) is 5.10 Å². The second-order valence-electron chi connectivity index (χ2n) is 2.66. The molecule has 2 N–H and O–H groups in total. The van der Waals surface area contributed by atoms with E-state index in [4.69, 9.17) is 10.0 Å². The highest BCUT2D eigenvalue weighted by atomic mass is 16.4. The molecular formula is C7H7BN4O2. The van der Waals surface area contributed by atoms with E-state index in [1.54, 1.807) is 12.1 Å². The maximum absolute atomic E-state index is 8.83. The molecule has 0 saturated carbocycles. The van der Waals surface area contributed by atoms with Crippen LogP contribution in [0.4, 0.5) is 0 Å². The summed E-state index contributed by atoms with van der Waals surface area (Å²) in [6, 6.07) is 3.19. The van der Waals surface area contributed by atoms with E-state index in [0.29, 0.717) is 11.3 Å². The smallest absolute Gasteiger partial charge is 0.423 e. The molecule has 14 heavy (non-hydrogen) atoms. The minimum Gasteiger partial charge on any atom is -0.423 e. The molecule has 0 unspecified atom stereocenters. The Hall–Kier alpha value is -1.73. The number of rotatable bonds is 2. The predicted octanol–water partition coefficient (Wildman–Crippen LogP) is -1.66. The Morgan fingerprint density at radius 1 is 1.29 bits per heavy atom. The van der Waals surface area contributed by atoms with Gasteiger partial charge in [-0.25, -0.2) is 14.6 Å². The SMILES string of the molecule is OB(O)c1ccc(-n2cncn2)nc1. The Morgan fingerprint density at radius 2 is 2.14 bits per heavy atom. The summed E-state index contributed by atoms with van der Waals surface area (Å²) in [6.45, 7) is 0. The maximum atomic E-state index is 8.83. The number of pyridine rings is 1. The van der Waals surface area contributed by atoms with Gasteiger partial charge in [0.15, 0.2) is 5.82 Å². The summed E-state index contributed by atoms with van der Waals surface area (Å²) in [5.74, 6) is 0.576. The van der Waals surface area contributed by atoms with Gasteiger partial charge < -0.3 is 10.0 Å². The summed E-state index contributed by atoms with van der Waals surface area (Å²) in [6.07, 6.45) is 4.29. The van der Waals surface area contributed by atoms with Crippen molar-refractivity contribution in [2.45, 2.75) is 0 Å². The quantitative estimate of drug-likeness (QED) is 0.553. The molecule has 0 amide bonds. The maximum Gasteiger partial charge on any atom is 0.490 e. The van der Waals surface area contributed by atoms with Gasteiger partial charge in [-0.3, -0.25) is 0 Å². The number of hydrogen-bond donors (Lipinski definition) is 2. The van der Waals surface area contributed by atoms with Gasteiger partial charge in [-0.05, 0) is 6.07 Å². The highest BCUT2D eigenvalue weighted by Crippen LogP contribution is 1.97. The number of hydrogen-bond acceptors (Lipinski definition) is 5. The molecule has 0 atom stereocenters. The average molecular weight is 190 g/mol. The van der Waals surface area contributed by atoms with Crippen molar-refractivity contribution in [3.63, 3.8) is 0 Å². The Labute approximate surface area is 80.0 Å². The third-order valence-electron chi connectivity index (χ3n) is 1.72. The van der Waals surface area contributed by atoms with Crippen LogP contribution < -0.4 is 5.46 Å². The first kappa shape index (κ1) is 8.85. The molecule has 6 nitrogen and oxygen atoms in total. The second kappa shape index (κ2) is 3.56. The molecule has 0 aliphatic rings. The molecule has 0 aliphatic carbocycles. The molecule has 2 aromatic heterocycles. The van der Waals surface area contributed by atoms with Gasteiger partial charge in [-0.1, -0.05) is 6.07 Å². The molecule has 2 heterocycles. The largest absolute Gasteiger partial charge is 0.490 e. The summed E-state index contributed by atoms with van der Waals surface area (Å²) in [4.78, 5) is 7.75. The molecule has 0 fully saturated rings. The molecule has 0 aliphatic heterocycles. The zero-order valence-corrected chi connectivity index (χ0v) is 7.15. The molecule has 2 aromatic rings. The first-order valence-corrected chi connectivity index (χ1v) is 3.94. The van der Waals surface area contributed by atoms with Crippen LogP contribution in [0.2, 0.25) is 0 Å². The molecular weight excluding hydrogens is 183 g/mol. The van der Waals surface area contributed by atoms with Gasteiger partial charge in [0.2, 0.25) is 0 Å².